The van der Waals surface area contributed by atoms with Crippen LogP contribution in [0, 0.1) is 0 Å². The predicted octanol–water partition coefficient (Wildman–Crippen LogP) is 2.69. The molecule has 0 aliphatic heterocycles. The monoisotopic (exact) mass is 207 g/mol. The van der Waals surface area contributed by atoms with E-state index in [9.17, 15) is 0 Å². The van der Waals surface area contributed by atoms with Gasteiger partial charge in [0.2, 0.25) is 0 Å². The zero-order valence-electron chi connectivity index (χ0n) is 8.03. The molecule has 1 atom stereocenters. The van der Waals surface area contributed by atoms with Gasteiger partial charge in [-0.25, -0.2) is 0 Å². The van der Waals surface area contributed by atoms with Gasteiger partial charge in [0.05, 0.1) is 6.10 Å². The van der Waals surface area contributed by atoms with Gasteiger partial charge in [-0.15, -0.1) is 11.3 Å². The Labute approximate surface area is 87.2 Å². The van der Waals surface area contributed by atoms with Crippen LogP contribution < -0.4 is 5.32 Å². The number of aliphatic hydroxyl groups is 1. The maximum atomic E-state index is 9.13. The number of benzene rings is 1. The molecule has 1 aromatic carbocycles. The molecule has 3 heteroatoms. The number of nitrogens with one attached hydrogen (secondary N) is 1. The molecule has 2 nitrogen and oxygen atoms in total. The fraction of sp³-hybridized carbons (Fsp3) is 0.273. The van der Waals surface area contributed by atoms with Gasteiger partial charge in [0.25, 0.3) is 0 Å². The van der Waals surface area contributed by atoms with E-state index in [0.29, 0.717) is 6.54 Å². The molecule has 0 saturated carbocycles. The first-order valence-corrected chi connectivity index (χ1v) is 5.53. The largest absolute Gasteiger partial charge is 0.392 e. The summed E-state index contributed by atoms with van der Waals surface area (Å²) < 4.78 is 1.30. The highest BCUT2D eigenvalue weighted by Gasteiger charge is 1.98. The number of hydrogen-bond donors (Lipinski definition) is 2. The van der Waals surface area contributed by atoms with E-state index in [-0.39, 0.29) is 6.10 Å². The predicted molar refractivity (Wildman–Crippen MR) is 62.0 cm³/mol. The first-order chi connectivity index (χ1) is 6.75. The van der Waals surface area contributed by atoms with E-state index in [4.69, 9.17) is 5.11 Å². The number of aliphatic hydroxyl groups excluding tert-OH is 1. The Morgan fingerprint density at radius 3 is 3.07 bits per heavy atom. The first-order valence-electron chi connectivity index (χ1n) is 4.65. The summed E-state index contributed by atoms with van der Waals surface area (Å²) in [4.78, 5) is 0. The van der Waals surface area contributed by atoms with Crippen LogP contribution in [0.1, 0.15) is 6.92 Å². The lowest BCUT2D eigenvalue weighted by atomic mass is 10.2. The Morgan fingerprint density at radius 1 is 1.43 bits per heavy atom. The van der Waals surface area contributed by atoms with E-state index in [1.807, 2.05) is 6.07 Å². The summed E-state index contributed by atoms with van der Waals surface area (Å²) in [5, 5.41) is 15.6. The molecule has 1 aromatic heterocycles. The molecule has 74 valence electrons. The fourth-order valence-electron chi connectivity index (χ4n) is 1.34. The van der Waals surface area contributed by atoms with Crippen molar-refractivity contribution >= 4 is 27.1 Å². The van der Waals surface area contributed by atoms with Gasteiger partial charge in [-0.1, -0.05) is 0 Å². The number of hydrogen-bond acceptors (Lipinski definition) is 3. The molecule has 0 aliphatic rings. The van der Waals surface area contributed by atoms with Crippen molar-refractivity contribution < 1.29 is 5.11 Å². The van der Waals surface area contributed by atoms with E-state index in [1.54, 1.807) is 18.3 Å². The second-order valence-corrected chi connectivity index (χ2v) is 4.35. The zero-order chi connectivity index (χ0) is 9.97. The first kappa shape index (κ1) is 9.49. The number of thiophene rings is 1. The van der Waals surface area contributed by atoms with Gasteiger partial charge < -0.3 is 10.4 Å². The van der Waals surface area contributed by atoms with E-state index < -0.39 is 0 Å². The van der Waals surface area contributed by atoms with Crippen molar-refractivity contribution in [1.29, 1.82) is 0 Å². The minimum Gasteiger partial charge on any atom is -0.392 e. The second-order valence-electron chi connectivity index (χ2n) is 3.40. The quantitative estimate of drug-likeness (QED) is 0.811. The molecule has 2 aromatic rings. The summed E-state index contributed by atoms with van der Waals surface area (Å²) >= 11 is 1.74. The Hall–Kier alpha value is -1.06. The summed E-state index contributed by atoms with van der Waals surface area (Å²) in [6.45, 7) is 2.37. The van der Waals surface area contributed by atoms with Gasteiger partial charge in [0, 0.05) is 16.9 Å². The highest BCUT2D eigenvalue weighted by Crippen LogP contribution is 2.23. The number of fused-ring (bicyclic) bond motifs is 1. The molecular formula is C11H13NOS. The molecule has 1 heterocycles. The van der Waals surface area contributed by atoms with Crippen molar-refractivity contribution in [1.82, 2.24) is 0 Å². The third kappa shape index (κ3) is 2.05. The highest BCUT2D eigenvalue weighted by atomic mass is 32.1. The lowest BCUT2D eigenvalue weighted by molar-refractivity contribution is 0.208. The number of rotatable bonds is 3. The van der Waals surface area contributed by atoms with Crippen LogP contribution in [0.5, 0.6) is 0 Å². The molecule has 0 unspecified atom stereocenters. The average molecular weight is 207 g/mol. The van der Waals surface area contributed by atoms with Crippen LogP contribution in [0.25, 0.3) is 10.1 Å². The summed E-state index contributed by atoms with van der Waals surface area (Å²) in [5.74, 6) is 0. The van der Waals surface area contributed by atoms with Crippen LogP contribution in [-0.2, 0) is 0 Å². The van der Waals surface area contributed by atoms with E-state index in [0.717, 1.165) is 5.69 Å². The fourth-order valence-corrected chi connectivity index (χ4v) is 2.11. The van der Waals surface area contributed by atoms with Crippen molar-refractivity contribution in [2.24, 2.45) is 0 Å². The van der Waals surface area contributed by atoms with Crippen LogP contribution in [0.4, 0.5) is 5.69 Å². The summed E-state index contributed by atoms with van der Waals surface area (Å²) in [7, 11) is 0. The summed E-state index contributed by atoms with van der Waals surface area (Å²) in [6.07, 6.45) is -0.312. The Morgan fingerprint density at radius 2 is 2.29 bits per heavy atom. The van der Waals surface area contributed by atoms with Crippen molar-refractivity contribution in [2.75, 3.05) is 11.9 Å². The Kier molecular flexibility index (Phi) is 2.70. The molecule has 0 radical (unpaired) electrons. The summed E-state index contributed by atoms with van der Waals surface area (Å²) in [5.41, 5.74) is 1.07. The van der Waals surface area contributed by atoms with Crippen molar-refractivity contribution in [3.63, 3.8) is 0 Å². The maximum absolute atomic E-state index is 9.13. The normalized spacial score (nSPS) is 13.0. The van der Waals surface area contributed by atoms with E-state index in [1.165, 1.54) is 10.1 Å². The van der Waals surface area contributed by atoms with Gasteiger partial charge in [-0.05, 0) is 42.0 Å². The van der Waals surface area contributed by atoms with Crippen LogP contribution in [0.3, 0.4) is 0 Å². The van der Waals surface area contributed by atoms with Gasteiger partial charge in [-0.3, -0.25) is 0 Å². The standard InChI is InChI=1S/C11H13NOS/c1-8(13)7-12-10-2-3-11-9(6-10)4-5-14-11/h2-6,8,12-13H,7H2,1H3/t8-/m0/s1. The van der Waals surface area contributed by atoms with Crippen molar-refractivity contribution in [2.45, 2.75) is 13.0 Å². The molecule has 2 N–H and O–H groups in total. The third-order valence-electron chi connectivity index (χ3n) is 2.05. The second kappa shape index (κ2) is 3.98. The molecular weight excluding hydrogens is 194 g/mol. The topological polar surface area (TPSA) is 32.3 Å². The lowest BCUT2D eigenvalue weighted by Crippen LogP contribution is -2.15. The Bertz CT molecular complexity index is 422. The molecule has 0 amide bonds. The Balaban J connectivity index is 2.17. The zero-order valence-corrected chi connectivity index (χ0v) is 8.84. The van der Waals surface area contributed by atoms with Gasteiger partial charge >= 0.3 is 0 Å². The number of anilines is 1. The molecule has 0 fully saturated rings. The molecule has 0 saturated heterocycles. The lowest BCUT2D eigenvalue weighted by Gasteiger charge is -2.07. The van der Waals surface area contributed by atoms with Crippen LogP contribution in [-0.4, -0.2) is 17.8 Å². The van der Waals surface area contributed by atoms with Gasteiger partial charge in [-0.2, -0.15) is 0 Å². The maximum Gasteiger partial charge on any atom is 0.0684 e. The van der Waals surface area contributed by atoms with Crippen LogP contribution >= 0.6 is 11.3 Å². The van der Waals surface area contributed by atoms with Gasteiger partial charge in [0.1, 0.15) is 0 Å². The minimum absolute atomic E-state index is 0.312. The third-order valence-corrected chi connectivity index (χ3v) is 2.95. The van der Waals surface area contributed by atoms with E-state index in [2.05, 4.69) is 28.9 Å². The molecule has 0 spiro atoms. The summed E-state index contributed by atoms with van der Waals surface area (Å²) in [6, 6.07) is 8.35. The molecule has 2 rings (SSSR count). The van der Waals surface area contributed by atoms with E-state index >= 15 is 0 Å². The van der Waals surface area contributed by atoms with Crippen LogP contribution in [0.15, 0.2) is 29.6 Å². The SMILES string of the molecule is C[C@H](O)CNc1ccc2sccc2c1. The van der Waals surface area contributed by atoms with Crippen molar-refractivity contribution in [3.05, 3.63) is 29.6 Å². The smallest absolute Gasteiger partial charge is 0.0684 e. The highest BCUT2D eigenvalue weighted by molar-refractivity contribution is 7.17. The minimum atomic E-state index is -0.312. The molecule has 0 bridgehead atoms. The van der Waals surface area contributed by atoms with Crippen molar-refractivity contribution in [3.8, 4) is 0 Å². The molecule has 14 heavy (non-hydrogen) atoms. The van der Waals surface area contributed by atoms with Crippen LogP contribution in [0.2, 0.25) is 0 Å². The van der Waals surface area contributed by atoms with Gasteiger partial charge in [0.15, 0.2) is 0 Å². The average Bonchev–Trinajstić information content (AvgIpc) is 2.61. The molecule has 0 aliphatic carbocycles.